The zero-order valence-electron chi connectivity index (χ0n) is 22.7. The van der Waals surface area contributed by atoms with Crippen molar-refractivity contribution in [2.24, 2.45) is 0 Å². The molecule has 0 fully saturated rings. The Kier molecular flexibility index (Phi) is 7.01. The average molecular weight is 584 g/mol. The fourth-order valence-corrected chi connectivity index (χ4v) is 5.23. The molecule has 0 aliphatic heterocycles. The summed E-state index contributed by atoms with van der Waals surface area (Å²) in [6, 6.07) is 17.7. The molecule has 0 unspecified atom stereocenters. The SMILES string of the molecule is CCC(=O)Nc1cncc(-c2ccc3[nH]nc(-c4cc5c(-c6cc(F)cc(CNS(C)(=O)=O)c6)cccc5[nH]4)c3n2)c1. The van der Waals surface area contributed by atoms with Gasteiger partial charge in [0.05, 0.1) is 35.0 Å². The molecule has 4 aromatic heterocycles. The highest BCUT2D eigenvalue weighted by atomic mass is 32.2. The van der Waals surface area contributed by atoms with Crippen LogP contribution in [0.1, 0.15) is 18.9 Å². The van der Waals surface area contributed by atoms with Gasteiger partial charge < -0.3 is 10.3 Å². The monoisotopic (exact) mass is 583 g/mol. The number of sulfonamides is 1. The minimum Gasteiger partial charge on any atom is -0.353 e. The third kappa shape index (κ3) is 5.62. The van der Waals surface area contributed by atoms with Gasteiger partial charge in [0.2, 0.25) is 15.9 Å². The first-order valence-corrected chi connectivity index (χ1v) is 15.0. The number of carbonyl (C=O) groups excluding carboxylic acids is 1. The molecule has 212 valence electrons. The number of fused-ring (bicyclic) bond motifs is 2. The van der Waals surface area contributed by atoms with E-state index in [1.54, 1.807) is 25.4 Å². The standard InChI is InChI=1S/C30H26FN7O3S/c1-3-28(39)34-21-12-19(15-32-16-21)24-7-8-26-29(36-24)30(38-37-26)27-13-23-22(5-4-6-25(23)35-27)18-9-17(10-20(31)11-18)14-33-42(2,40)41/h4-13,15-16,33,35H,3,14H2,1-2H3,(H,34,39)(H,37,38). The topological polar surface area (TPSA) is 146 Å². The smallest absolute Gasteiger partial charge is 0.224 e. The van der Waals surface area contributed by atoms with Crippen LogP contribution in [-0.4, -0.2) is 45.7 Å². The summed E-state index contributed by atoms with van der Waals surface area (Å²) in [5.74, 6) is -0.568. The first-order chi connectivity index (χ1) is 20.2. The molecule has 0 saturated heterocycles. The summed E-state index contributed by atoms with van der Waals surface area (Å²) in [6.45, 7) is 1.76. The van der Waals surface area contributed by atoms with E-state index in [0.29, 0.717) is 45.8 Å². The summed E-state index contributed by atoms with van der Waals surface area (Å²) in [6.07, 6.45) is 4.70. The van der Waals surface area contributed by atoms with E-state index in [2.05, 4.69) is 30.2 Å². The molecule has 4 N–H and O–H groups in total. The normalized spacial score (nSPS) is 11.8. The summed E-state index contributed by atoms with van der Waals surface area (Å²) >= 11 is 0. The first-order valence-electron chi connectivity index (χ1n) is 13.1. The van der Waals surface area contributed by atoms with Crippen molar-refractivity contribution in [2.45, 2.75) is 19.9 Å². The van der Waals surface area contributed by atoms with Crippen molar-refractivity contribution in [2.75, 3.05) is 11.6 Å². The van der Waals surface area contributed by atoms with E-state index in [1.165, 1.54) is 12.1 Å². The molecule has 2 aromatic carbocycles. The second-order valence-corrected chi connectivity index (χ2v) is 11.8. The number of benzene rings is 2. The Morgan fingerprint density at radius 3 is 2.67 bits per heavy atom. The lowest BCUT2D eigenvalue weighted by Crippen LogP contribution is -2.21. The van der Waals surface area contributed by atoms with E-state index in [9.17, 15) is 17.6 Å². The number of nitrogens with one attached hydrogen (secondary N) is 4. The van der Waals surface area contributed by atoms with Gasteiger partial charge in [-0.15, -0.1) is 0 Å². The van der Waals surface area contributed by atoms with Crippen LogP contribution in [0, 0.1) is 5.82 Å². The van der Waals surface area contributed by atoms with Crippen molar-refractivity contribution in [3.63, 3.8) is 0 Å². The highest BCUT2D eigenvalue weighted by molar-refractivity contribution is 7.88. The van der Waals surface area contributed by atoms with Gasteiger partial charge in [0.25, 0.3) is 0 Å². The van der Waals surface area contributed by atoms with Crippen molar-refractivity contribution >= 4 is 43.6 Å². The van der Waals surface area contributed by atoms with E-state index in [1.807, 2.05) is 42.5 Å². The number of H-pyrrole nitrogens is 2. The maximum absolute atomic E-state index is 14.6. The zero-order valence-corrected chi connectivity index (χ0v) is 23.5. The number of aromatic nitrogens is 5. The van der Waals surface area contributed by atoms with Crippen molar-refractivity contribution in [1.29, 1.82) is 0 Å². The average Bonchev–Trinajstić information content (AvgIpc) is 3.59. The number of rotatable bonds is 8. The summed E-state index contributed by atoms with van der Waals surface area (Å²) in [5.41, 5.74) is 7.41. The van der Waals surface area contributed by atoms with Crippen LogP contribution < -0.4 is 10.0 Å². The van der Waals surface area contributed by atoms with E-state index in [4.69, 9.17) is 4.98 Å². The Bertz CT molecular complexity index is 2090. The molecule has 0 saturated carbocycles. The van der Waals surface area contributed by atoms with Gasteiger partial charge in [0, 0.05) is 35.6 Å². The Morgan fingerprint density at radius 1 is 1.00 bits per heavy atom. The molecule has 0 atom stereocenters. The Hall–Kier alpha value is -4.94. The number of halogens is 1. The predicted octanol–water partition coefficient (Wildman–Crippen LogP) is 5.37. The van der Waals surface area contributed by atoms with Crippen LogP contribution in [-0.2, 0) is 21.4 Å². The van der Waals surface area contributed by atoms with Gasteiger partial charge in [0.1, 0.15) is 17.0 Å². The molecular formula is C30H26FN7O3S. The van der Waals surface area contributed by atoms with Crippen LogP contribution in [0.4, 0.5) is 10.1 Å². The summed E-state index contributed by atoms with van der Waals surface area (Å²) in [5, 5.41) is 11.2. The molecule has 0 aliphatic carbocycles. The molecular weight excluding hydrogens is 557 g/mol. The fourth-order valence-electron chi connectivity index (χ4n) is 4.80. The van der Waals surface area contributed by atoms with Crippen LogP contribution in [0.15, 0.2) is 73.1 Å². The number of pyridine rings is 2. The number of hydrogen-bond acceptors (Lipinski definition) is 6. The third-order valence-electron chi connectivity index (χ3n) is 6.77. The summed E-state index contributed by atoms with van der Waals surface area (Å²) in [4.78, 5) is 24.4. The second-order valence-electron chi connectivity index (χ2n) is 9.92. The van der Waals surface area contributed by atoms with Gasteiger partial charge in [-0.3, -0.25) is 14.9 Å². The Morgan fingerprint density at radius 2 is 1.86 bits per heavy atom. The predicted molar refractivity (Wildman–Crippen MR) is 160 cm³/mol. The molecule has 6 rings (SSSR count). The van der Waals surface area contributed by atoms with Gasteiger partial charge in [-0.1, -0.05) is 19.1 Å². The van der Waals surface area contributed by atoms with Crippen molar-refractivity contribution in [3.05, 3.63) is 84.4 Å². The quantitative estimate of drug-likeness (QED) is 0.190. The molecule has 42 heavy (non-hydrogen) atoms. The molecule has 4 heterocycles. The van der Waals surface area contributed by atoms with E-state index in [0.717, 1.165) is 33.8 Å². The van der Waals surface area contributed by atoms with Crippen LogP contribution >= 0.6 is 0 Å². The first kappa shape index (κ1) is 27.2. The van der Waals surface area contributed by atoms with E-state index < -0.39 is 15.8 Å². The summed E-state index contributed by atoms with van der Waals surface area (Å²) < 4.78 is 40.1. The highest BCUT2D eigenvalue weighted by Gasteiger charge is 2.16. The van der Waals surface area contributed by atoms with Crippen LogP contribution in [0.25, 0.3) is 55.7 Å². The zero-order chi connectivity index (χ0) is 29.4. The number of amides is 1. The largest absolute Gasteiger partial charge is 0.353 e. The minimum atomic E-state index is -3.43. The fraction of sp³-hybridized carbons (Fsp3) is 0.133. The highest BCUT2D eigenvalue weighted by Crippen LogP contribution is 2.35. The molecule has 0 aliphatic rings. The third-order valence-corrected chi connectivity index (χ3v) is 7.44. The number of nitrogens with zero attached hydrogens (tertiary/aromatic N) is 3. The van der Waals surface area contributed by atoms with Crippen LogP contribution in [0.3, 0.4) is 0 Å². The van der Waals surface area contributed by atoms with Crippen LogP contribution in [0.2, 0.25) is 0 Å². The van der Waals surface area contributed by atoms with Crippen molar-refractivity contribution < 1.29 is 17.6 Å². The van der Waals surface area contributed by atoms with E-state index >= 15 is 0 Å². The van der Waals surface area contributed by atoms with Crippen molar-refractivity contribution in [3.8, 4) is 33.8 Å². The maximum atomic E-state index is 14.6. The molecule has 0 bridgehead atoms. The van der Waals surface area contributed by atoms with E-state index in [-0.39, 0.29) is 12.5 Å². The van der Waals surface area contributed by atoms with Crippen LogP contribution in [0.5, 0.6) is 0 Å². The van der Waals surface area contributed by atoms with Gasteiger partial charge in [0.15, 0.2) is 0 Å². The lowest BCUT2D eigenvalue weighted by atomic mass is 9.99. The van der Waals surface area contributed by atoms with Crippen molar-refractivity contribution in [1.82, 2.24) is 29.9 Å². The summed E-state index contributed by atoms with van der Waals surface area (Å²) in [7, 11) is -3.43. The molecule has 6 aromatic rings. The number of anilines is 1. The Balaban J connectivity index is 1.39. The molecule has 0 spiro atoms. The lowest BCUT2D eigenvalue weighted by molar-refractivity contribution is -0.115. The minimum absolute atomic E-state index is 0.0192. The van der Waals surface area contributed by atoms with Gasteiger partial charge in [-0.2, -0.15) is 5.10 Å². The molecule has 10 nitrogen and oxygen atoms in total. The Labute approximate surface area is 240 Å². The van der Waals surface area contributed by atoms with Gasteiger partial charge >= 0.3 is 0 Å². The second kappa shape index (κ2) is 10.8. The molecule has 0 radical (unpaired) electrons. The maximum Gasteiger partial charge on any atom is 0.224 e. The number of hydrogen-bond donors (Lipinski definition) is 4. The molecule has 1 amide bonds. The van der Waals surface area contributed by atoms with Gasteiger partial charge in [-0.25, -0.2) is 22.5 Å². The van der Waals surface area contributed by atoms with Gasteiger partial charge in [-0.05, 0) is 65.2 Å². The molecule has 12 heteroatoms. The lowest BCUT2D eigenvalue weighted by Gasteiger charge is -2.08. The number of aromatic amines is 2. The number of carbonyl (C=O) groups is 1.